The van der Waals surface area contributed by atoms with Crippen molar-refractivity contribution in [2.45, 2.75) is 13.3 Å². The van der Waals surface area contributed by atoms with Crippen LogP contribution < -0.4 is 4.74 Å². The predicted molar refractivity (Wildman–Crippen MR) is 53.4 cm³/mol. The Morgan fingerprint density at radius 1 is 1.46 bits per heavy atom. The number of halogens is 1. The third-order valence-electron chi connectivity index (χ3n) is 1.76. The average molecular weight is 201 g/mol. The minimum atomic E-state index is 0.0318. The van der Waals surface area contributed by atoms with Crippen molar-refractivity contribution < 1.29 is 9.84 Å². The summed E-state index contributed by atoms with van der Waals surface area (Å²) in [7, 11) is 0. The topological polar surface area (TPSA) is 29.5 Å². The smallest absolute Gasteiger partial charge is 0.119 e. The van der Waals surface area contributed by atoms with Crippen molar-refractivity contribution in [2.24, 2.45) is 0 Å². The van der Waals surface area contributed by atoms with Crippen LogP contribution in [-0.4, -0.2) is 18.3 Å². The molecular weight excluding hydrogens is 188 g/mol. The quantitative estimate of drug-likeness (QED) is 0.808. The molecule has 0 aliphatic carbocycles. The van der Waals surface area contributed by atoms with Crippen molar-refractivity contribution in [2.75, 3.05) is 13.2 Å². The van der Waals surface area contributed by atoms with Crippen LogP contribution in [0.3, 0.4) is 0 Å². The van der Waals surface area contributed by atoms with Gasteiger partial charge in [-0.2, -0.15) is 0 Å². The molecule has 0 radical (unpaired) electrons. The van der Waals surface area contributed by atoms with Crippen LogP contribution in [0.25, 0.3) is 0 Å². The third kappa shape index (κ3) is 2.90. The number of aliphatic hydroxyl groups excluding tert-OH is 1. The summed E-state index contributed by atoms with van der Waals surface area (Å²) in [5.41, 5.74) is 1.07. The first kappa shape index (κ1) is 10.4. The third-order valence-corrected chi connectivity index (χ3v) is 2.13. The molecule has 0 heterocycles. The van der Waals surface area contributed by atoms with Crippen LogP contribution in [0.5, 0.6) is 5.75 Å². The standard InChI is InChI=1S/C10H13ClO2/c1-2-8-7-9(13-6-5-12)3-4-10(8)11/h3-4,7,12H,2,5-6H2,1H3. The van der Waals surface area contributed by atoms with Crippen LogP contribution in [-0.2, 0) is 6.42 Å². The second kappa shape index (κ2) is 5.10. The van der Waals surface area contributed by atoms with Gasteiger partial charge in [-0.05, 0) is 30.2 Å². The molecule has 1 aromatic carbocycles. The summed E-state index contributed by atoms with van der Waals surface area (Å²) in [6, 6.07) is 5.52. The molecule has 13 heavy (non-hydrogen) atoms. The molecule has 0 fully saturated rings. The maximum atomic E-state index is 8.56. The van der Waals surface area contributed by atoms with Gasteiger partial charge < -0.3 is 9.84 Å². The van der Waals surface area contributed by atoms with Crippen molar-refractivity contribution in [1.29, 1.82) is 0 Å². The van der Waals surface area contributed by atoms with E-state index in [2.05, 4.69) is 0 Å². The van der Waals surface area contributed by atoms with Gasteiger partial charge in [0.2, 0.25) is 0 Å². The highest BCUT2D eigenvalue weighted by molar-refractivity contribution is 6.31. The number of ether oxygens (including phenoxy) is 1. The van der Waals surface area contributed by atoms with Gasteiger partial charge in [0.1, 0.15) is 12.4 Å². The Balaban J connectivity index is 2.74. The van der Waals surface area contributed by atoms with Gasteiger partial charge in [-0.1, -0.05) is 18.5 Å². The Morgan fingerprint density at radius 2 is 2.23 bits per heavy atom. The minimum Gasteiger partial charge on any atom is -0.491 e. The van der Waals surface area contributed by atoms with Gasteiger partial charge in [-0.25, -0.2) is 0 Å². The van der Waals surface area contributed by atoms with Gasteiger partial charge in [0, 0.05) is 5.02 Å². The monoisotopic (exact) mass is 200 g/mol. The molecule has 1 rings (SSSR count). The Kier molecular flexibility index (Phi) is 4.06. The van der Waals surface area contributed by atoms with E-state index in [0.29, 0.717) is 6.61 Å². The number of rotatable bonds is 4. The van der Waals surface area contributed by atoms with E-state index in [4.69, 9.17) is 21.4 Å². The number of hydrogen-bond acceptors (Lipinski definition) is 2. The molecule has 3 heteroatoms. The first-order chi connectivity index (χ1) is 6.27. The van der Waals surface area contributed by atoms with E-state index in [1.54, 1.807) is 6.07 Å². The van der Waals surface area contributed by atoms with Crippen LogP contribution in [0.2, 0.25) is 5.02 Å². The molecule has 0 bridgehead atoms. The zero-order valence-corrected chi connectivity index (χ0v) is 8.34. The summed E-state index contributed by atoms with van der Waals surface area (Å²) in [5.74, 6) is 0.760. The van der Waals surface area contributed by atoms with E-state index in [1.165, 1.54) is 0 Å². The summed E-state index contributed by atoms with van der Waals surface area (Å²) < 4.78 is 5.24. The van der Waals surface area contributed by atoms with Crippen molar-refractivity contribution in [3.8, 4) is 5.75 Å². The highest BCUT2D eigenvalue weighted by Crippen LogP contribution is 2.22. The molecule has 0 aliphatic rings. The lowest BCUT2D eigenvalue weighted by molar-refractivity contribution is 0.201. The van der Waals surface area contributed by atoms with Crippen LogP contribution in [0.1, 0.15) is 12.5 Å². The van der Waals surface area contributed by atoms with Crippen molar-refractivity contribution in [3.63, 3.8) is 0 Å². The number of benzene rings is 1. The summed E-state index contributed by atoms with van der Waals surface area (Å²) in [6.45, 7) is 2.39. The second-order valence-electron chi connectivity index (χ2n) is 2.68. The number of aliphatic hydroxyl groups is 1. The fourth-order valence-corrected chi connectivity index (χ4v) is 1.33. The summed E-state index contributed by atoms with van der Waals surface area (Å²) in [4.78, 5) is 0. The van der Waals surface area contributed by atoms with E-state index in [0.717, 1.165) is 22.8 Å². The minimum absolute atomic E-state index is 0.0318. The molecule has 0 aliphatic heterocycles. The van der Waals surface area contributed by atoms with E-state index >= 15 is 0 Å². The summed E-state index contributed by atoms with van der Waals surface area (Å²) in [5, 5.41) is 9.32. The molecule has 0 amide bonds. The van der Waals surface area contributed by atoms with Gasteiger partial charge >= 0.3 is 0 Å². The molecule has 0 saturated heterocycles. The Labute approximate surface area is 83.1 Å². The molecule has 1 N–H and O–H groups in total. The van der Waals surface area contributed by atoms with Gasteiger partial charge in [0.25, 0.3) is 0 Å². The van der Waals surface area contributed by atoms with Crippen molar-refractivity contribution in [3.05, 3.63) is 28.8 Å². The van der Waals surface area contributed by atoms with Crippen LogP contribution in [0.15, 0.2) is 18.2 Å². The van der Waals surface area contributed by atoms with Gasteiger partial charge in [0.05, 0.1) is 6.61 Å². The number of hydrogen-bond donors (Lipinski definition) is 1. The Bertz CT molecular complexity index is 274. The molecule has 1 aromatic rings. The van der Waals surface area contributed by atoms with Crippen LogP contribution in [0, 0.1) is 0 Å². The van der Waals surface area contributed by atoms with E-state index in [9.17, 15) is 0 Å². The SMILES string of the molecule is CCc1cc(OCCO)ccc1Cl. The van der Waals surface area contributed by atoms with Crippen LogP contribution in [0.4, 0.5) is 0 Å². The van der Waals surface area contributed by atoms with Gasteiger partial charge in [0.15, 0.2) is 0 Å². The zero-order valence-electron chi connectivity index (χ0n) is 7.59. The van der Waals surface area contributed by atoms with Gasteiger partial charge in [-0.15, -0.1) is 0 Å². The van der Waals surface area contributed by atoms with Gasteiger partial charge in [-0.3, -0.25) is 0 Å². The molecule has 0 spiro atoms. The number of aryl methyl sites for hydroxylation is 1. The summed E-state index contributed by atoms with van der Waals surface area (Å²) >= 11 is 5.93. The molecule has 2 nitrogen and oxygen atoms in total. The van der Waals surface area contributed by atoms with E-state index < -0.39 is 0 Å². The molecule has 0 saturated carbocycles. The first-order valence-electron chi connectivity index (χ1n) is 4.30. The Morgan fingerprint density at radius 3 is 2.85 bits per heavy atom. The second-order valence-corrected chi connectivity index (χ2v) is 3.09. The lowest BCUT2D eigenvalue weighted by Gasteiger charge is -2.06. The molecular formula is C10H13ClO2. The maximum Gasteiger partial charge on any atom is 0.119 e. The average Bonchev–Trinajstić information content (AvgIpc) is 2.16. The fraction of sp³-hybridized carbons (Fsp3) is 0.400. The Hall–Kier alpha value is -0.730. The highest BCUT2D eigenvalue weighted by Gasteiger charge is 2.00. The maximum absolute atomic E-state index is 8.56. The zero-order chi connectivity index (χ0) is 9.68. The largest absolute Gasteiger partial charge is 0.491 e. The lowest BCUT2D eigenvalue weighted by atomic mass is 10.1. The molecule has 0 aromatic heterocycles. The van der Waals surface area contributed by atoms with Crippen LogP contribution >= 0.6 is 11.6 Å². The first-order valence-corrected chi connectivity index (χ1v) is 4.67. The lowest BCUT2D eigenvalue weighted by Crippen LogP contribution is -2.01. The molecule has 72 valence electrons. The summed E-state index contributed by atoms with van der Waals surface area (Å²) in [6.07, 6.45) is 0.884. The fourth-order valence-electron chi connectivity index (χ4n) is 1.08. The van der Waals surface area contributed by atoms with E-state index in [-0.39, 0.29) is 6.61 Å². The van der Waals surface area contributed by atoms with Crippen molar-refractivity contribution >= 4 is 11.6 Å². The normalized spacial score (nSPS) is 10.1. The molecule has 0 unspecified atom stereocenters. The predicted octanol–water partition coefficient (Wildman–Crippen LogP) is 2.27. The molecule has 0 atom stereocenters. The van der Waals surface area contributed by atoms with Crippen molar-refractivity contribution in [1.82, 2.24) is 0 Å². The van der Waals surface area contributed by atoms with E-state index in [1.807, 2.05) is 19.1 Å². The highest BCUT2D eigenvalue weighted by atomic mass is 35.5.